The van der Waals surface area contributed by atoms with Gasteiger partial charge in [-0.25, -0.2) is 0 Å². The van der Waals surface area contributed by atoms with E-state index in [2.05, 4.69) is 5.32 Å². The summed E-state index contributed by atoms with van der Waals surface area (Å²) in [6, 6.07) is 7.29. The number of aliphatic hydroxyl groups is 1. The van der Waals surface area contributed by atoms with Crippen LogP contribution in [0.15, 0.2) is 24.3 Å². The van der Waals surface area contributed by atoms with Gasteiger partial charge in [0.2, 0.25) is 0 Å². The molecular weight excluding hydrogens is 294 g/mol. The molecule has 4 atom stereocenters. The number of carbonyl (C=O) groups excluding carboxylic acids is 1. The zero-order chi connectivity index (χ0) is 16.0. The van der Waals surface area contributed by atoms with Crippen LogP contribution in [0.25, 0.3) is 0 Å². The molecule has 1 amide bonds. The van der Waals surface area contributed by atoms with Crippen LogP contribution in [-0.4, -0.2) is 43.5 Å². The Labute approximate surface area is 136 Å². The third-order valence-corrected chi connectivity index (χ3v) is 5.80. The first kappa shape index (κ1) is 15.1. The van der Waals surface area contributed by atoms with E-state index in [0.29, 0.717) is 30.6 Å². The van der Waals surface area contributed by atoms with Gasteiger partial charge < -0.3 is 19.9 Å². The lowest BCUT2D eigenvalue weighted by molar-refractivity contribution is -0.184. The van der Waals surface area contributed by atoms with Crippen LogP contribution >= 0.6 is 0 Å². The normalized spacial score (nSPS) is 34.2. The van der Waals surface area contributed by atoms with Crippen molar-refractivity contribution in [2.24, 2.45) is 11.8 Å². The van der Waals surface area contributed by atoms with Crippen LogP contribution in [-0.2, 0) is 15.1 Å². The molecule has 1 saturated heterocycles. The zero-order valence-corrected chi connectivity index (χ0v) is 13.3. The van der Waals surface area contributed by atoms with Crippen molar-refractivity contribution in [1.29, 1.82) is 0 Å². The third-order valence-electron chi connectivity index (χ3n) is 5.80. The summed E-state index contributed by atoms with van der Waals surface area (Å²) in [7, 11) is 1.73. The number of ether oxygens (including phenoxy) is 2. The molecule has 1 aromatic carbocycles. The molecule has 124 valence electrons. The van der Waals surface area contributed by atoms with E-state index in [9.17, 15) is 9.90 Å². The highest BCUT2D eigenvalue weighted by Crippen LogP contribution is 2.48. The van der Waals surface area contributed by atoms with Crippen molar-refractivity contribution in [2.75, 3.05) is 20.3 Å². The first-order chi connectivity index (χ1) is 11.1. The van der Waals surface area contributed by atoms with Crippen molar-refractivity contribution >= 4 is 5.91 Å². The van der Waals surface area contributed by atoms with E-state index in [1.165, 1.54) is 19.3 Å². The quantitative estimate of drug-likeness (QED) is 0.882. The van der Waals surface area contributed by atoms with E-state index in [0.717, 1.165) is 5.56 Å². The Hall–Kier alpha value is -1.43. The summed E-state index contributed by atoms with van der Waals surface area (Å²) < 4.78 is 10.6. The fourth-order valence-electron chi connectivity index (χ4n) is 4.37. The molecule has 3 aliphatic rings. The Kier molecular flexibility index (Phi) is 3.67. The third kappa shape index (κ3) is 2.38. The molecule has 2 aliphatic carbocycles. The zero-order valence-electron chi connectivity index (χ0n) is 13.3. The monoisotopic (exact) mass is 317 g/mol. The molecule has 1 aromatic rings. The highest BCUT2D eigenvalue weighted by Gasteiger charge is 2.53. The Morgan fingerprint density at radius 3 is 2.57 bits per heavy atom. The van der Waals surface area contributed by atoms with Crippen LogP contribution in [0.5, 0.6) is 0 Å². The van der Waals surface area contributed by atoms with Gasteiger partial charge in [0.05, 0.1) is 25.4 Å². The van der Waals surface area contributed by atoms with Crippen LogP contribution in [0.1, 0.15) is 35.2 Å². The van der Waals surface area contributed by atoms with Gasteiger partial charge in [0.25, 0.3) is 5.91 Å². The number of hydrogen-bond donors (Lipinski definition) is 2. The molecule has 4 unspecified atom stereocenters. The second-order valence-electron chi connectivity index (χ2n) is 7.06. The number of carbonyl (C=O) groups is 1. The highest BCUT2D eigenvalue weighted by molar-refractivity contribution is 5.94. The van der Waals surface area contributed by atoms with Crippen molar-refractivity contribution in [3.63, 3.8) is 0 Å². The average molecular weight is 317 g/mol. The van der Waals surface area contributed by atoms with Crippen molar-refractivity contribution in [3.8, 4) is 0 Å². The number of amides is 1. The molecular formula is C18H23NO4. The average Bonchev–Trinajstić information content (AvgIpc) is 2.95. The second kappa shape index (κ2) is 5.58. The van der Waals surface area contributed by atoms with Crippen LogP contribution in [0.3, 0.4) is 0 Å². The van der Waals surface area contributed by atoms with Crippen LogP contribution < -0.4 is 5.32 Å². The Morgan fingerprint density at radius 2 is 1.96 bits per heavy atom. The topological polar surface area (TPSA) is 67.8 Å². The van der Waals surface area contributed by atoms with Crippen molar-refractivity contribution in [3.05, 3.63) is 35.4 Å². The summed E-state index contributed by atoms with van der Waals surface area (Å²) in [5.41, 5.74) is 0.532. The molecule has 0 spiro atoms. The van der Waals surface area contributed by atoms with Crippen LogP contribution in [0, 0.1) is 11.8 Å². The van der Waals surface area contributed by atoms with Gasteiger partial charge in [0.1, 0.15) is 5.60 Å². The number of hydrogen-bond acceptors (Lipinski definition) is 4. The van der Waals surface area contributed by atoms with Crippen molar-refractivity contribution in [1.82, 2.24) is 5.32 Å². The Morgan fingerprint density at radius 1 is 1.26 bits per heavy atom. The largest absolute Gasteiger partial charge is 0.380 e. The summed E-state index contributed by atoms with van der Waals surface area (Å²) in [6.07, 6.45) is 3.78. The number of fused-ring (bicyclic) bond motifs is 1. The Bertz CT molecular complexity index is 596. The van der Waals surface area contributed by atoms with Gasteiger partial charge in [-0.05, 0) is 42.4 Å². The van der Waals surface area contributed by atoms with Gasteiger partial charge in [0, 0.05) is 12.7 Å². The minimum absolute atomic E-state index is 0.0641. The number of benzene rings is 1. The van der Waals surface area contributed by atoms with E-state index in [1.54, 1.807) is 19.2 Å². The molecule has 2 saturated carbocycles. The van der Waals surface area contributed by atoms with E-state index >= 15 is 0 Å². The lowest BCUT2D eigenvalue weighted by atomic mass is 9.68. The minimum Gasteiger partial charge on any atom is -0.380 e. The molecule has 3 fully saturated rings. The molecule has 23 heavy (non-hydrogen) atoms. The van der Waals surface area contributed by atoms with E-state index in [-0.39, 0.29) is 18.1 Å². The summed E-state index contributed by atoms with van der Waals surface area (Å²) in [6.45, 7) is 0.637. The standard InChI is InChI=1S/C18H23NO4/c1-22-16-14-4-2-3-13(14)15(16)19-17(20)11-5-7-12(8-6-11)18(21)9-23-10-18/h5-8,13-16,21H,2-4,9-10H2,1H3,(H,19,20). The van der Waals surface area contributed by atoms with Gasteiger partial charge in [0.15, 0.2) is 0 Å². The van der Waals surface area contributed by atoms with E-state index < -0.39 is 5.60 Å². The first-order valence-corrected chi connectivity index (χ1v) is 8.37. The van der Waals surface area contributed by atoms with Crippen molar-refractivity contribution in [2.45, 2.75) is 37.0 Å². The lowest BCUT2D eigenvalue weighted by Crippen LogP contribution is -2.62. The summed E-state index contributed by atoms with van der Waals surface area (Å²) in [5, 5.41) is 13.4. The predicted octanol–water partition coefficient (Wildman–Crippen LogP) is 1.45. The smallest absolute Gasteiger partial charge is 0.251 e. The van der Waals surface area contributed by atoms with E-state index in [4.69, 9.17) is 9.47 Å². The molecule has 0 radical (unpaired) electrons. The molecule has 4 rings (SSSR count). The van der Waals surface area contributed by atoms with Crippen LogP contribution in [0.2, 0.25) is 0 Å². The maximum atomic E-state index is 12.5. The van der Waals surface area contributed by atoms with Gasteiger partial charge in [-0.3, -0.25) is 4.79 Å². The molecule has 2 N–H and O–H groups in total. The molecule has 1 aliphatic heterocycles. The highest BCUT2D eigenvalue weighted by atomic mass is 16.5. The fraction of sp³-hybridized carbons (Fsp3) is 0.611. The molecule has 5 heteroatoms. The Balaban J connectivity index is 1.43. The SMILES string of the molecule is COC1C2CCCC2C1NC(=O)c1ccc(C2(O)COC2)cc1. The van der Waals surface area contributed by atoms with E-state index in [1.807, 2.05) is 12.1 Å². The molecule has 0 aromatic heterocycles. The molecule has 0 bridgehead atoms. The van der Waals surface area contributed by atoms with Gasteiger partial charge in [-0.15, -0.1) is 0 Å². The molecule has 1 heterocycles. The predicted molar refractivity (Wildman–Crippen MR) is 84.0 cm³/mol. The fourth-order valence-corrected chi connectivity index (χ4v) is 4.37. The maximum Gasteiger partial charge on any atom is 0.251 e. The van der Waals surface area contributed by atoms with Gasteiger partial charge in [-0.1, -0.05) is 18.6 Å². The summed E-state index contributed by atoms with van der Waals surface area (Å²) in [5.74, 6) is 1.11. The van der Waals surface area contributed by atoms with Gasteiger partial charge >= 0.3 is 0 Å². The van der Waals surface area contributed by atoms with Gasteiger partial charge in [-0.2, -0.15) is 0 Å². The first-order valence-electron chi connectivity index (χ1n) is 8.37. The number of methoxy groups -OCH3 is 1. The lowest BCUT2D eigenvalue weighted by Gasteiger charge is -2.48. The number of nitrogens with one attached hydrogen (secondary N) is 1. The summed E-state index contributed by atoms with van der Waals surface area (Å²) >= 11 is 0. The van der Waals surface area contributed by atoms with Crippen LogP contribution in [0.4, 0.5) is 0 Å². The number of rotatable bonds is 4. The second-order valence-corrected chi connectivity index (χ2v) is 7.06. The van der Waals surface area contributed by atoms with Crippen molar-refractivity contribution < 1.29 is 19.4 Å². The summed E-state index contributed by atoms with van der Waals surface area (Å²) in [4.78, 5) is 12.5. The maximum absolute atomic E-state index is 12.5. The molecule has 5 nitrogen and oxygen atoms in total. The minimum atomic E-state index is -0.888.